The van der Waals surface area contributed by atoms with E-state index in [0.717, 1.165) is 30.6 Å². The average Bonchev–Trinajstić information content (AvgIpc) is 2.54. The Morgan fingerprint density at radius 1 is 1.19 bits per heavy atom. The fourth-order valence-corrected chi connectivity index (χ4v) is 3.00. The van der Waals surface area contributed by atoms with E-state index in [0.29, 0.717) is 12.3 Å². The Morgan fingerprint density at radius 2 is 2.05 bits per heavy atom. The van der Waals surface area contributed by atoms with Crippen LogP contribution in [0.4, 0.5) is 5.69 Å². The number of piperidine rings is 1. The quantitative estimate of drug-likeness (QED) is 0.900. The molecule has 0 saturated carbocycles. The Labute approximate surface area is 125 Å². The maximum absolute atomic E-state index is 12.1. The fraction of sp³-hybridized carbons (Fsp3) is 0.389. The van der Waals surface area contributed by atoms with Gasteiger partial charge >= 0.3 is 0 Å². The molecule has 21 heavy (non-hydrogen) atoms. The van der Waals surface area contributed by atoms with Crippen LogP contribution in [0.25, 0.3) is 10.8 Å². The summed E-state index contributed by atoms with van der Waals surface area (Å²) in [4.78, 5) is 12.1. The van der Waals surface area contributed by atoms with Crippen molar-refractivity contribution in [2.45, 2.75) is 25.7 Å². The van der Waals surface area contributed by atoms with Crippen molar-refractivity contribution in [3.63, 3.8) is 0 Å². The first kappa shape index (κ1) is 14.1. The number of hydrogen-bond acceptors (Lipinski definition) is 2. The molecule has 1 unspecified atom stereocenters. The van der Waals surface area contributed by atoms with Crippen LogP contribution in [-0.2, 0) is 4.79 Å². The van der Waals surface area contributed by atoms with Crippen LogP contribution in [0.15, 0.2) is 42.5 Å². The van der Waals surface area contributed by atoms with Crippen molar-refractivity contribution in [2.24, 2.45) is 5.92 Å². The Balaban J connectivity index is 1.55. The minimum atomic E-state index is 0.121. The molecule has 0 aliphatic carbocycles. The molecule has 1 atom stereocenters. The van der Waals surface area contributed by atoms with Crippen molar-refractivity contribution in [3.05, 3.63) is 42.5 Å². The van der Waals surface area contributed by atoms with Crippen molar-refractivity contribution in [3.8, 4) is 0 Å². The number of rotatable bonds is 4. The first-order chi connectivity index (χ1) is 10.3. The van der Waals surface area contributed by atoms with Gasteiger partial charge in [-0.3, -0.25) is 4.79 Å². The number of nitrogens with one attached hydrogen (secondary N) is 2. The summed E-state index contributed by atoms with van der Waals surface area (Å²) in [5.41, 5.74) is 0.889. The molecule has 1 heterocycles. The second kappa shape index (κ2) is 6.72. The highest BCUT2D eigenvalue weighted by Gasteiger charge is 2.14. The van der Waals surface area contributed by atoms with Gasteiger partial charge in [0, 0.05) is 12.1 Å². The van der Waals surface area contributed by atoms with E-state index in [9.17, 15) is 4.79 Å². The zero-order valence-electron chi connectivity index (χ0n) is 12.3. The number of hydrogen-bond donors (Lipinski definition) is 2. The minimum Gasteiger partial charge on any atom is -0.326 e. The van der Waals surface area contributed by atoms with Crippen molar-refractivity contribution in [1.82, 2.24) is 5.32 Å². The third kappa shape index (κ3) is 3.82. The Morgan fingerprint density at radius 3 is 2.86 bits per heavy atom. The van der Waals surface area contributed by atoms with Crippen LogP contribution in [-0.4, -0.2) is 19.0 Å². The Kier molecular flexibility index (Phi) is 4.51. The van der Waals surface area contributed by atoms with E-state index in [2.05, 4.69) is 28.8 Å². The van der Waals surface area contributed by atoms with Crippen molar-refractivity contribution < 1.29 is 4.79 Å². The van der Waals surface area contributed by atoms with E-state index >= 15 is 0 Å². The van der Waals surface area contributed by atoms with E-state index in [4.69, 9.17) is 0 Å². The molecular formula is C18H22N2O. The zero-order chi connectivity index (χ0) is 14.5. The summed E-state index contributed by atoms with van der Waals surface area (Å²) >= 11 is 0. The number of fused-ring (bicyclic) bond motifs is 1. The van der Waals surface area contributed by atoms with Crippen molar-refractivity contribution >= 4 is 22.4 Å². The second-order valence-corrected chi connectivity index (χ2v) is 5.86. The van der Waals surface area contributed by atoms with Gasteiger partial charge in [-0.2, -0.15) is 0 Å². The lowest BCUT2D eigenvalue weighted by Crippen LogP contribution is -2.30. The van der Waals surface area contributed by atoms with Gasteiger partial charge in [0.1, 0.15) is 0 Å². The lowest BCUT2D eigenvalue weighted by Gasteiger charge is -2.22. The standard InChI is InChI=1S/C18H22N2O/c21-18(10-7-14-4-3-11-19-13-14)20-17-9-8-15-5-1-2-6-16(15)12-17/h1-2,5-6,8-9,12,14,19H,3-4,7,10-11,13H2,(H,20,21). The highest BCUT2D eigenvalue weighted by Crippen LogP contribution is 2.20. The van der Waals surface area contributed by atoms with Gasteiger partial charge in [0.2, 0.25) is 5.91 Å². The normalized spacial score (nSPS) is 18.6. The lowest BCUT2D eigenvalue weighted by atomic mass is 9.94. The van der Waals surface area contributed by atoms with Gasteiger partial charge in [0.25, 0.3) is 0 Å². The predicted molar refractivity (Wildman–Crippen MR) is 87.4 cm³/mol. The van der Waals surface area contributed by atoms with Gasteiger partial charge < -0.3 is 10.6 Å². The summed E-state index contributed by atoms with van der Waals surface area (Å²) in [5.74, 6) is 0.775. The maximum atomic E-state index is 12.1. The van der Waals surface area contributed by atoms with Gasteiger partial charge in [0.05, 0.1) is 0 Å². The minimum absolute atomic E-state index is 0.121. The monoisotopic (exact) mass is 282 g/mol. The van der Waals surface area contributed by atoms with Crippen LogP contribution in [0.2, 0.25) is 0 Å². The average molecular weight is 282 g/mol. The molecule has 0 bridgehead atoms. The summed E-state index contributed by atoms with van der Waals surface area (Å²) in [5, 5.41) is 8.77. The third-order valence-electron chi connectivity index (χ3n) is 4.21. The van der Waals surface area contributed by atoms with Crippen LogP contribution in [0, 0.1) is 5.92 Å². The summed E-state index contributed by atoms with van der Waals surface area (Å²) < 4.78 is 0. The SMILES string of the molecule is O=C(CCC1CCCNC1)Nc1ccc2ccccc2c1. The molecule has 2 aromatic carbocycles. The first-order valence-corrected chi connectivity index (χ1v) is 7.80. The summed E-state index contributed by atoms with van der Waals surface area (Å²) in [7, 11) is 0. The molecule has 3 heteroatoms. The zero-order valence-corrected chi connectivity index (χ0v) is 12.3. The highest BCUT2D eigenvalue weighted by molar-refractivity contribution is 5.94. The lowest BCUT2D eigenvalue weighted by molar-refractivity contribution is -0.116. The van der Waals surface area contributed by atoms with Gasteiger partial charge in [-0.1, -0.05) is 30.3 Å². The largest absolute Gasteiger partial charge is 0.326 e. The fourth-order valence-electron chi connectivity index (χ4n) is 3.00. The van der Waals surface area contributed by atoms with E-state index < -0.39 is 0 Å². The molecule has 1 saturated heterocycles. The Hall–Kier alpha value is -1.87. The van der Waals surface area contributed by atoms with Gasteiger partial charge in [-0.05, 0) is 61.2 Å². The molecule has 3 nitrogen and oxygen atoms in total. The molecule has 0 spiro atoms. The van der Waals surface area contributed by atoms with Crippen molar-refractivity contribution in [1.29, 1.82) is 0 Å². The molecule has 1 aliphatic heterocycles. The van der Waals surface area contributed by atoms with E-state index in [1.54, 1.807) is 0 Å². The molecule has 1 fully saturated rings. The second-order valence-electron chi connectivity index (χ2n) is 5.86. The predicted octanol–water partition coefficient (Wildman–Crippen LogP) is 3.56. The molecule has 0 aromatic heterocycles. The number of carbonyl (C=O) groups excluding carboxylic acids is 1. The third-order valence-corrected chi connectivity index (χ3v) is 4.21. The molecule has 1 aliphatic rings. The van der Waals surface area contributed by atoms with Crippen LogP contribution in [0.1, 0.15) is 25.7 Å². The molecule has 1 amide bonds. The highest BCUT2D eigenvalue weighted by atomic mass is 16.1. The van der Waals surface area contributed by atoms with E-state index in [1.165, 1.54) is 18.2 Å². The number of amides is 1. The summed E-state index contributed by atoms with van der Waals surface area (Å²) in [6.45, 7) is 2.18. The topological polar surface area (TPSA) is 41.1 Å². The molecular weight excluding hydrogens is 260 g/mol. The maximum Gasteiger partial charge on any atom is 0.224 e. The molecule has 110 valence electrons. The molecule has 2 N–H and O–H groups in total. The number of anilines is 1. The summed E-state index contributed by atoms with van der Waals surface area (Å²) in [6.07, 6.45) is 4.07. The first-order valence-electron chi connectivity index (χ1n) is 7.80. The number of carbonyl (C=O) groups is 1. The molecule has 3 rings (SSSR count). The van der Waals surface area contributed by atoms with Crippen LogP contribution in [0.3, 0.4) is 0 Å². The smallest absolute Gasteiger partial charge is 0.224 e. The summed E-state index contributed by atoms with van der Waals surface area (Å²) in [6, 6.07) is 14.3. The van der Waals surface area contributed by atoms with E-state index in [1.807, 2.05) is 24.3 Å². The van der Waals surface area contributed by atoms with Gasteiger partial charge in [-0.15, -0.1) is 0 Å². The van der Waals surface area contributed by atoms with Gasteiger partial charge in [-0.25, -0.2) is 0 Å². The Bertz CT molecular complexity index is 617. The van der Waals surface area contributed by atoms with Crippen LogP contribution >= 0.6 is 0 Å². The van der Waals surface area contributed by atoms with E-state index in [-0.39, 0.29) is 5.91 Å². The van der Waals surface area contributed by atoms with Crippen LogP contribution in [0.5, 0.6) is 0 Å². The molecule has 2 aromatic rings. The number of benzene rings is 2. The van der Waals surface area contributed by atoms with Crippen LogP contribution < -0.4 is 10.6 Å². The van der Waals surface area contributed by atoms with Crippen molar-refractivity contribution in [2.75, 3.05) is 18.4 Å². The van der Waals surface area contributed by atoms with Gasteiger partial charge in [0.15, 0.2) is 0 Å². The molecule has 0 radical (unpaired) electrons.